The van der Waals surface area contributed by atoms with Crippen LogP contribution < -0.4 is 4.57 Å². The summed E-state index contributed by atoms with van der Waals surface area (Å²) >= 11 is 1.79. The summed E-state index contributed by atoms with van der Waals surface area (Å²) in [6.07, 6.45) is 7.92. The Morgan fingerprint density at radius 3 is 3.10 bits per heavy atom. The molecule has 0 fully saturated rings. The molecule has 98 valence electrons. The Hall–Kier alpha value is -2.20. The second-order valence-electron chi connectivity index (χ2n) is 4.92. The van der Waals surface area contributed by atoms with Crippen molar-refractivity contribution in [1.29, 1.82) is 0 Å². The first-order valence-electron chi connectivity index (χ1n) is 6.50. The summed E-state index contributed by atoms with van der Waals surface area (Å²) in [6, 6.07) is 8.44. The maximum Gasteiger partial charge on any atom is 0.212 e. The van der Waals surface area contributed by atoms with Crippen molar-refractivity contribution in [3.8, 4) is 0 Å². The van der Waals surface area contributed by atoms with E-state index in [-0.39, 0.29) is 0 Å². The minimum Gasteiger partial charge on any atom is -0.455 e. The van der Waals surface area contributed by atoms with Crippen molar-refractivity contribution in [2.75, 3.05) is 0 Å². The van der Waals surface area contributed by atoms with E-state index < -0.39 is 0 Å². The van der Waals surface area contributed by atoms with Crippen LogP contribution in [0.5, 0.6) is 0 Å². The molecule has 0 atom stereocenters. The van der Waals surface area contributed by atoms with Crippen LogP contribution in [0.1, 0.15) is 10.6 Å². The first-order valence-corrected chi connectivity index (χ1v) is 7.31. The topological polar surface area (TPSA) is 29.9 Å². The molecule has 0 bridgehead atoms. The highest BCUT2D eigenvalue weighted by Crippen LogP contribution is 2.24. The Balaban J connectivity index is 1.72. The van der Waals surface area contributed by atoms with Gasteiger partial charge in [0, 0.05) is 23.8 Å². The second kappa shape index (κ2) is 4.42. The molecular weight excluding hydrogens is 268 g/mol. The number of hydrogen-bond donors (Lipinski definition) is 0. The van der Waals surface area contributed by atoms with Crippen molar-refractivity contribution < 1.29 is 8.98 Å². The van der Waals surface area contributed by atoms with Crippen LogP contribution in [0.15, 0.2) is 53.5 Å². The predicted octanol–water partition coefficient (Wildman–Crippen LogP) is 3.69. The van der Waals surface area contributed by atoms with E-state index in [0.29, 0.717) is 0 Å². The van der Waals surface area contributed by atoms with Gasteiger partial charge in [-0.1, -0.05) is 0 Å². The predicted molar refractivity (Wildman–Crippen MR) is 79.9 cm³/mol. The van der Waals surface area contributed by atoms with Gasteiger partial charge >= 0.3 is 0 Å². The number of furan rings is 1. The van der Waals surface area contributed by atoms with E-state index >= 15 is 0 Å². The molecule has 4 heterocycles. The quantitative estimate of drug-likeness (QED) is 0.525. The number of aryl methyl sites for hydroxylation is 1. The van der Waals surface area contributed by atoms with Crippen molar-refractivity contribution in [1.82, 2.24) is 4.98 Å². The molecular formula is C16H13N2OS+. The first-order chi connectivity index (χ1) is 9.78. The molecule has 20 heavy (non-hydrogen) atoms. The lowest BCUT2D eigenvalue weighted by atomic mass is 10.3. The van der Waals surface area contributed by atoms with E-state index in [1.807, 2.05) is 19.3 Å². The zero-order chi connectivity index (χ0) is 13.5. The molecule has 0 aliphatic carbocycles. The first kappa shape index (κ1) is 11.6. The van der Waals surface area contributed by atoms with Gasteiger partial charge < -0.3 is 4.42 Å². The van der Waals surface area contributed by atoms with Gasteiger partial charge in [0.25, 0.3) is 0 Å². The van der Waals surface area contributed by atoms with Crippen molar-refractivity contribution in [2.45, 2.75) is 13.5 Å². The Kier molecular flexibility index (Phi) is 2.57. The SMILES string of the molecule is Cc1cc2cc[n+](Cc3cc4ccncc4s3)cc2o1. The zero-order valence-corrected chi connectivity index (χ0v) is 11.9. The molecule has 0 N–H and O–H groups in total. The molecule has 0 aliphatic rings. The van der Waals surface area contributed by atoms with Crippen molar-refractivity contribution >= 4 is 32.4 Å². The second-order valence-corrected chi connectivity index (χ2v) is 6.09. The van der Waals surface area contributed by atoms with E-state index in [1.165, 1.54) is 15.0 Å². The van der Waals surface area contributed by atoms with E-state index in [4.69, 9.17) is 4.42 Å². The van der Waals surface area contributed by atoms with Gasteiger partial charge in [0.2, 0.25) is 6.20 Å². The molecule has 0 unspecified atom stereocenters. The van der Waals surface area contributed by atoms with E-state index in [0.717, 1.165) is 23.3 Å². The van der Waals surface area contributed by atoms with Crippen molar-refractivity contribution in [2.24, 2.45) is 0 Å². The summed E-state index contributed by atoms with van der Waals surface area (Å²) in [6.45, 7) is 2.83. The molecule has 0 amide bonds. The van der Waals surface area contributed by atoms with Crippen LogP contribution >= 0.6 is 11.3 Å². The van der Waals surface area contributed by atoms with Crippen LogP contribution in [0.2, 0.25) is 0 Å². The average Bonchev–Trinajstić information content (AvgIpc) is 2.99. The van der Waals surface area contributed by atoms with E-state index in [2.05, 4.69) is 46.2 Å². The Labute approximate surface area is 120 Å². The van der Waals surface area contributed by atoms with Gasteiger partial charge in [-0.3, -0.25) is 4.98 Å². The third-order valence-corrected chi connectivity index (χ3v) is 4.43. The molecule has 0 saturated carbocycles. The summed E-state index contributed by atoms with van der Waals surface area (Å²) in [4.78, 5) is 5.49. The highest BCUT2D eigenvalue weighted by Gasteiger charge is 2.10. The largest absolute Gasteiger partial charge is 0.455 e. The summed E-state index contributed by atoms with van der Waals surface area (Å²) < 4.78 is 9.07. The zero-order valence-electron chi connectivity index (χ0n) is 11.0. The maximum atomic E-state index is 5.68. The number of thiophene rings is 1. The number of nitrogens with zero attached hydrogens (tertiary/aromatic N) is 2. The van der Waals surface area contributed by atoms with Crippen LogP contribution in [0, 0.1) is 6.92 Å². The number of fused-ring (bicyclic) bond motifs is 2. The smallest absolute Gasteiger partial charge is 0.212 e. The fourth-order valence-electron chi connectivity index (χ4n) is 2.45. The molecule has 0 saturated heterocycles. The van der Waals surface area contributed by atoms with E-state index in [1.54, 1.807) is 11.3 Å². The third kappa shape index (κ3) is 1.98. The summed E-state index contributed by atoms with van der Waals surface area (Å²) in [5, 5.41) is 2.41. The standard InChI is InChI=1S/C16H13N2OS/c1-11-6-12-3-5-18(10-15(12)19-11)9-14-7-13-2-4-17-8-16(13)20-14/h2-8,10H,9H2,1H3/q+1. The maximum absolute atomic E-state index is 5.68. The van der Waals surface area contributed by atoms with Crippen molar-refractivity contribution in [3.05, 3.63) is 59.7 Å². The fourth-order valence-corrected chi connectivity index (χ4v) is 3.49. The Bertz CT molecular complexity index is 874. The number of rotatable bonds is 2. The Morgan fingerprint density at radius 1 is 1.25 bits per heavy atom. The van der Waals surface area contributed by atoms with Gasteiger partial charge in [0.05, 0.1) is 9.58 Å². The average molecular weight is 281 g/mol. The lowest BCUT2D eigenvalue weighted by Gasteiger charge is -1.93. The summed E-state index contributed by atoms with van der Waals surface area (Å²) in [5.41, 5.74) is 0.938. The van der Waals surface area contributed by atoms with Gasteiger partial charge in [-0.2, -0.15) is 4.57 Å². The summed E-state index contributed by atoms with van der Waals surface area (Å²) in [5.74, 6) is 0.950. The fraction of sp³-hybridized carbons (Fsp3) is 0.125. The molecule has 4 rings (SSSR count). The highest BCUT2D eigenvalue weighted by molar-refractivity contribution is 7.19. The third-order valence-electron chi connectivity index (χ3n) is 3.36. The van der Waals surface area contributed by atoms with Gasteiger partial charge in [-0.15, -0.1) is 11.3 Å². The van der Waals surface area contributed by atoms with Gasteiger partial charge in [-0.25, -0.2) is 0 Å². The number of hydrogen-bond acceptors (Lipinski definition) is 3. The van der Waals surface area contributed by atoms with Crippen LogP contribution in [0.3, 0.4) is 0 Å². The van der Waals surface area contributed by atoms with Crippen LogP contribution in [-0.4, -0.2) is 4.98 Å². The van der Waals surface area contributed by atoms with E-state index in [9.17, 15) is 0 Å². The molecule has 0 aromatic carbocycles. The molecule has 4 aromatic rings. The lowest BCUT2D eigenvalue weighted by Crippen LogP contribution is -2.32. The lowest BCUT2D eigenvalue weighted by molar-refractivity contribution is -0.686. The van der Waals surface area contributed by atoms with Gasteiger partial charge in [-0.05, 0) is 30.5 Å². The van der Waals surface area contributed by atoms with Gasteiger partial charge in [0.15, 0.2) is 18.3 Å². The minimum absolute atomic E-state index is 0.856. The molecule has 0 radical (unpaired) electrons. The number of pyridine rings is 2. The highest BCUT2D eigenvalue weighted by atomic mass is 32.1. The molecule has 0 aliphatic heterocycles. The van der Waals surface area contributed by atoms with Crippen LogP contribution in [-0.2, 0) is 6.54 Å². The van der Waals surface area contributed by atoms with Crippen LogP contribution in [0.4, 0.5) is 0 Å². The number of aromatic nitrogens is 2. The normalized spacial score (nSPS) is 11.4. The molecule has 3 nitrogen and oxygen atoms in total. The summed E-state index contributed by atoms with van der Waals surface area (Å²) in [7, 11) is 0. The Morgan fingerprint density at radius 2 is 2.20 bits per heavy atom. The minimum atomic E-state index is 0.856. The monoisotopic (exact) mass is 281 g/mol. The molecule has 0 spiro atoms. The van der Waals surface area contributed by atoms with Crippen molar-refractivity contribution in [3.63, 3.8) is 0 Å². The molecule has 4 aromatic heterocycles. The van der Waals surface area contributed by atoms with Crippen LogP contribution in [0.25, 0.3) is 21.1 Å². The molecule has 4 heteroatoms. The van der Waals surface area contributed by atoms with Gasteiger partial charge in [0.1, 0.15) is 5.76 Å².